The molecule has 30 heavy (non-hydrogen) atoms. The number of amides is 3. The summed E-state index contributed by atoms with van der Waals surface area (Å²) in [7, 11) is 1.50. The minimum absolute atomic E-state index is 0.178. The Morgan fingerprint density at radius 3 is 2.43 bits per heavy atom. The highest BCUT2D eigenvalue weighted by atomic mass is 35.5. The Balaban J connectivity index is 2.65. The maximum absolute atomic E-state index is 12.8. The smallest absolute Gasteiger partial charge is 0.244 e. The first-order chi connectivity index (χ1) is 14.1. The van der Waals surface area contributed by atoms with E-state index in [9.17, 15) is 14.4 Å². The number of nitrogens with one attached hydrogen (secondary N) is 3. The predicted molar refractivity (Wildman–Crippen MR) is 114 cm³/mol. The lowest BCUT2D eigenvalue weighted by atomic mass is 9.85. The molecule has 0 unspecified atom stereocenters. The summed E-state index contributed by atoms with van der Waals surface area (Å²) in [4.78, 5) is 36.6. The van der Waals surface area contributed by atoms with Gasteiger partial charge < -0.3 is 15.4 Å². The molecule has 0 heterocycles. The van der Waals surface area contributed by atoms with Gasteiger partial charge in [-0.1, -0.05) is 38.4 Å². The van der Waals surface area contributed by atoms with Crippen molar-refractivity contribution in [3.8, 4) is 5.75 Å². The summed E-state index contributed by atoms with van der Waals surface area (Å²) in [6, 6.07) is 6.33. The first-order valence-corrected chi connectivity index (χ1v) is 10.3. The number of hydroxylamine groups is 1. The molecule has 0 aliphatic rings. The van der Waals surface area contributed by atoms with Gasteiger partial charge in [-0.3, -0.25) is 19.6 Å². The van der Waals surface area contributed by atoms with Crippen molar-refractivity contribution in [2.24, 2.45) is 11.3 Å². The van der Waals surface area contributed by atoms with Crippen LogP contribution in [0.25, 0.3) is 0 Å². The largest absolute Gasteiger partial charge is 0.494 e. The third kappa shape index (κ3) is 9.00. The lowest BCUT2D eigenvalue weighted by Crippen LogP contribution is -2.54. The Hall–Kier alpha value is -2.32. The molecule has 3 amide bonds. The van der Waals surface area contributed by atoms with Crippen LogP contribution < -0.4 is 20.9 Å². The number of carbonyl (C=O) groups is 3. The van der Waals surface area contributed by atoms with Crippen molar-refractivity contribution in [3.63, 3.8) is 0 Å². The van der Waals surface area contributed by atoms with Crippen LogP contribution in [0.1, 0.15) is 46.5 Å². The molecule has 0 saturated carbocycles. The topological polar surface area (TPSA) is 117 Å². The number of halogens is 1. The number of hydrogen-bond donors (Lipinski definition) is 4. The van der Waals surface area contributed by atoms with Crippen LogP contribution in [0.15, 0.2) is 24.3 Å². The van der Waals surface area contributed by atoms with Crippen LogP contribution >= 0.6 is 11.6 Å². The number of hydrogen-bond acceptors (Lipinski definition) is 5. The second kappa shape index (κ2) is 12.4. The summed E-state index contributed by atoms with van der Waals surface area (Å²) in [5, 5.41) is 14.7. The van der Waals surface area contributed by atoms with Crippen molar-refractivity contribution in [2.75, 3.05) is 13.7 Å². The molecule has 0 bridgehead atoms. The van der Waals surface area contributed by atoms with E-state index in [0.29, 0.717) is 36.6 Å². The summed E-state index contributed by atoms with van der Waals surface area (Å²) >= 11 is 5.92. The Morgan fingerprint density at radius 2 is 1.87 bits per heavy atom. The van der Waals surface area contributed by atoms with Gasteiger partial charge in [-0.2, -0.15) is 0 Å². The first-order valence-electron chi connectivity index (χ1n) is 9.91. The Labute approximate surface area is 182 Å². The third-order valence-electron chi connectivity index (χ3n) is 4.60. The summed E-state index contributed by atoms with van der Waals surface area (Å²) in [5.74, 6) is -1.39. The zero-order valence-corrected chi connectivity index (χ0v) is 18.7. The fourth-order valence-electron chi connectivity index (χ4n) is 2.91. The molecule has 1 aromatic carbocycles. The van der Waals surface area contributed by atoms with E-state index in [0.717, 1.165) is 0 Å². The fraction of sp³-hybridized carbons (Fsp3) is 0.571. The molecule has 0 aliphatic carbocycles. The second-order valence-electron chi connectivity index (χ2n) is 8.16. The van der Waals surface area contributed by atoms with Crippen LogP contribution in [0.5, 0.6) is 5.75 Å². The van der Waals surface area contributed by atoms with Gasteiger partial charge in [0, 0.05) is 24.4 Å². The van der Waals surface area contributed by atoms with Crippen molar-refractivity contribution in [2.45, 2.75) is 52.5 Å². The van der Waals surface area contributed by atoms with Crippen molar-refractivity contribution in [1.29, 1.82) is 0 Å². The fourth-order valence-corrected chi connectivity index (χ4v) is 3.09. The second-order valence-corrected chi connectivity index (χ2v) is 8.60. The van der Waals surface area contributed by atoms with Gasteiger partial charge in [0.1, 0.15) is 11.8 Å². The monoisotopic (exact) mass is 441 g/mol. The average Bonchev–Trinajstić information content (AvgIpc) is 2.69. The van der Waals surface area contributed by atoms with Gasteiger partial charge in [0.05, 0.1) is 6.61 Å². The molecule has 0 spiro atoms. The summed E-state index contributed by atoms with van der Waals surface area (Å²) in [6.45, 7) is 5.96. The molecule has 8 nitrogen and oxygen atoms in total. The SMILES string of the molecule is CNC(=O)[C@@H](NC(=O)[C@@H](CCCCOc1cccc(Cl)c1)CC(=O)NO)C(C)(C)C. The van der Waals surface area contributed by atoms with Crippen molar-refractivity contribution >= 4 is 29.3 Å². The molecule has 4 N–H and O–H groups in total. The van der Waals surface area contributed by atoms with E-state index in [1.807, 2.05) is 20.8 Å². The highest BCUT2D eigenvalue weighted by Crippen LogP contribution is 2.22. The molecule has 2 atom stereocenters. The van der Waals surface area contributed by atoms with Crippen molar-refractivity contribution < 1.29 is 24.3 Å². The molecule has 0 aliphatic heterocycles. The van der Waals surface area contributed by atoms with Crippen molar-refractivity contribution in [3.05, 3.63) is 29.3 Å². The molecule has 0 fully saturated rings. The highest BCUT2D eigenvalue weighted by molar-refractivity contribution is 6.30. The molecular weight excluding hydrogens is 410 g/mol. The number of carbonyl (C=O) groups excluding carboxylic acids is 3. The van der Waals surface area contributed by atoms with E-state index in [2.05, 4.69) is 10.6 Å². The molecule has 168 valence electrons. The van der Waals surface area contributed by atoms with E-state index in [-0.39, 0.29) is 12.3 Å². The number of likely N-dealkylation sites (N-methyl/N-ethyl adjacent to an activating group) is 1. The molecular formula is C21H32ClN3O5. The summed E-state index contributed by atoms with van der Waals surface area (Å²) < 4.78 is 5.63. The van der Waals surface area contributed by atoms with Gasteiger partial charge in [-0.25, -0.2) is 5.48 Å². The van der Waals surface area contributed by atoms with Gasteiger partial charge in [0.15, 0.2) is 0 Å². The van der Waals surface area contributed by atoms with E-state index < -0.39 is 29.2 Å². The predicted octanol–water partition coefficient (Wildman–Crippen LogP) is 2.68. The van der Waals surface area contributed by atoms with E-state index >= 15 is 0 Å². The van der Waals surface area contributed by atoms with Crippen LogP contribution in [0.4, 0.5) is 0 Å². The Kier molecular flexibility index (Phi) is 10.6. The number of rotatable bonds is 11. The number of ether oxygens (including phenoxy) is 1. The van der Waals surface area contributed by atoms with Crippen LogP contribution in [-0.2, 0) is 14.4 Å². The molecule has 0 aromatic heterocycles. The molecule has 0 saturated heterocycles. The van der Waals surface area contributed by atoms with E-state index in [4.69, 9.17) is 21.5 Å². The Morgan fingerprint density at radius 1 is 1.17 bits per heavy atom. The highest BCUT2D eigenvalue weighted by Gasteiger charge is 2.34. The van der Waals surface area contributed by atoms with Crippen molar-refractivity contribution in [1.82, 2.24) is 16.1 Å². The minimum Gasteiger partial charge on any atom is -0.494 e. The Bertz CT molecular complexity index is 721. The van der Waals surface area contributed by atoms with Gasteiger partial charge in [-0.15, -0.1) is 0 Å². The minimum atomic E-state index is -0.749. The summed E-state index contributed by atoms with van der Waals surface area (Å²) in [6.07, 6.45) is 1.51. The first kappa shape index (κ1) is 25.7. The maximum Gasteiger partial charge on any atom is 0.244 e. The number of unbranched alkanes of at least 4 members (excludes halogenated alkanes) is 1. The van der Waals surface area contributed by atoms with Crippen LogP contribution in [-0.4, -0.2) is 42.6 Å². The lowest BCUT2D eigenvalue weighted by Gasteiger charge is -2.31. The van der Waals surface area contributed by atoms with Crippen LogP contribution in [0, 0.1) is 11.3 Å². The normalized spacial score (nSPS) is 13.1. The third-order valence-corrected chi connectivity index (χ3v) is 4.84. The standard InChI is InChI=1S/C21H32ClN3O5/c1-21(2,3)18(20(28)23-4)24-19(27)14(12-17(26)25-29)8-5-6-11-30-16-10-7-9-15(22)13-16/h7,9-10,13-14,18,29H,5-6,8,11-12H2,1-4H3,(H,23,28)(H,24,27)(H,25,26)/t14-,18+/m0/s1. The molecule has 0 radical (unpaired) electrons. The number of benzene rings is 1. The van der Waals surface area contributed by atoms with E-state index in [1.165, 1.54) is 7.05 Å². The quantitative estimate of drug-likeness (QED) is 0.239. The van der Waals surface area contributed by atoms with Gasteiger partial charge >= 0.3 is 0 Å². The molecule has 1 rings (SSSR count). The van der Waals surface area contributed by atoms with E-state index in [1.54, 1.807) is 29.7 Å². The lowest BCUT2D eigenvalue weighted by molar-refractivity contribution is -0.137. The maximum atomic E-state index is 12.8. The summed E-state index contributed by atoms with van der Waals surface area (Å²) in [5.41, 5.74) is 1.05. The van der Waals surface area contributed by atoms with Gasteiger partial charge in [0.25, 0.3) is 0 Å². The average molecular weight is 442 g/mol. The molecule has 9 heteroatoms. The van der Waals surface area contributed by atoms with Gasteiger partial charge in [0.2, 0.25) is 17.7 Å². The zero-order chi connectivity index (χ0) is 22.7. The molecule has 1 aromatic rings. The van der Waals surface area contributed by atoms with Gasteiger partial charge in [-0.05, 0) is 42.9 Å². The van der Waals surface area contributed by atoms with Crippen LogP contribution in [0.3, 0.4) is 0 Å². The van der Waals surface area contributed by atoms with Crippen LogP contribution in [0.2, 0.25) is 5.02 Å². The zero-order valence-electron chi connectivity index (χ0n) is 18.0.